The van der Waals surface area contributed by atoms with Crippen LogP contribution in [0.25, 0.3) is 0 Å². The third-order valence-corrected chi connectivity index (χ3v) is 2.13. The molecule has 1 aliphatic rings. The van der Waals surface area contributed by atoms with Gasteiger partial charge >= 0.3 is 0 Å². The lowest BCUT2D eigenvalue weighted by Gasteiger charge is -2.16. The van der Waals surface area contributed by atoms with E-state index < -0.39 is 0 Å². The van der Waals surface area contributed by atoms with E-state index in [9.17, 15) is 0 Å². The molecule has 9 heavy (non-hydrogen) atoms. The van der Waals surface area contributed by atoms with Gasteiger partial charge in [-0.25, -0.2) is 0 Å². The zero-order valence-corrected chi connectivity index (χ0v) is 6.28. The third-order valence-electron chi connectivity index (χ3n) is 1.59. The molecule has 1 rings (SSSR count). The normalized spacial score (nSPS) is 18.6. The quantitative estimate of drug-likeness (QED) is 0.590. The molecule has 1 heterocycles. The SMILES string of the molecule is C=C(SN)N1CCCC1. The van der Waals surface area contributed by atoms with Gasteiger partial charge in [0.15, 0.2) is 0 Å². The largest absolute Gasteiger partial charge is 0.366 e. The molecule has 0 aromatic heterocycles. The number of rotatable bonds is 2. The van der Waals surface area contributed by atoms with Crippen molar-refractivity contribution in [3.63, 3.8) is 0 Å². The maximum atomic E-state index is 5.33. The van der Waals surface area contributed by atoms with Crippen molar-refractivity contribution in [2.75, 3.05) is 13.1 Å². The fourth-order valence-corrected chi connectivity index (χ4v) is 1.37. The van der Waals surface area contributed by atoms with Crippen LogP contribution in [-0.4, -0.2) is 18.0 Å². The Kier molecular flexibility index (Phi) is 2.42. The van der Waals surface area contributed by atoms with E-state index in [2.05, 4.69) is 11.5 Å². The summed E-state index contributed by atoms with van der Waals surface area (Å²) in [6, 6.07) is 0. The molecule has 2 nitrogen and oxygen atoms in total. The van der Waals surface area contributed by atoms with Gasteiger partial charge in [-0.15, -0.1) is 0 Å². The maximum absolute atomic E-state index is 5.33. The van der Waals surface area contributed by atoms with E-state index in [4.69, 9.17) is 5.14 Å². The topological polar surface area (TPSA) is 29.3 Å². The van der Waals surface area contributed by atoms with Crippen molar-refractivity contribution in [2.45, 2.75) is 12.8 Å². The zero-order valence-electron chi connectivity index (χ0n) is 5.47. The molecule has 1 aliphatic heterocycles. The Bertz CT molecular complexity index is 108. The molecule has 1 saturated heterocycles. The van der Waals surface area contributed by atoms with Crippen molar-refractivity contribution in [1.29, 1.82) is 0 Å². The van der Waals surface area contributed by atoms with Crippen molar-refractivity contribution in [2.24, 2.45) is 5.14 Å². The standard InChI is InChI=1S/C6H12N2S/c1-6(9-7)8-4-2-3-5-8/h1-5,7H2. The molecule has 1 fully saturated rings. The van der Waals surface area contributed by atoms with Gasteiger partial charge in [-0.3, -0.25) is 5.14 Å². The van der Waals surface area contributed by atoms with E-state index >= 15 is 0 Å². The fourth-order valence-electron chi connectivity index (χ4n) is 1.04. The molecule has 0 aliphatic carbocycles. The summed E-state index contributed by atoms with van der Waals surface area (Å²) >= 11 is 1.25. The Morgan fingerprint density at radius 3 is 2.44 bits per heavy atom. The minimum Gasteiger partial charge on any atom is -0.366 e. The molecule has 0 amide bonds. The van der Waals surface area contributed by atoms with Crippen molar-refractivity contribution in [1.82, 2.24) is 4.90 Å². The van der Waals surface area contributed by atoms with Crippen LogP contribution in [0.5, 0.6) is 0 Å². The summed E-state index contributed by atoms with van der Waals surface area (Å²) in [7, 11) is 0. The first-order chi connectivity index (χ1) is 4.34. The van der Waals surface area contributed by atoms with Gasteiger partial charge < -0.3 is 4.90 Å². The minimum absolute atomic E-state index is 1.01. The molecule has 3 heteroatoms. The molecule has 0 radical (unpaired) electrons. The molecule has 0 atom stereocenters. The van der Waals surface area contributed by atoms with Gasteiger partial charge in [-0.05, 0) is 24.8 Å². The second kappa shape index (κ2) is 3.13. The minimum atomic E-state index is 1.01. The van der Waals surface area contributed by atoms with Crippen LogP contribution in [0.4, 0.5) is 0 Å². The van der Waals surface area contributed by atoms with Crippen LogP contribution in [0.1, 0.15) is 12.8 Å². The Labute approximate surface area is 60.2 Å². The highest BCUT2D eigenvalue weighted by Gasteiger charge is 2.11. The average Bonchev–Trinajstić information content (AvgIpc) is 2.37. The van der Waals surface area contributed by atoms with E-state index in [0.717, 1.165) is 18.1 Å². The molecule has 2 N–H and O–H groups in total. The fraction of sp³-hybridized carbons (Fsp3) is 0.667. The van der Waals surface area contributed by atoms with Gasteiger partial charge in [-0.2, -0.15) is 0 Å². The summed E-state index contributed by atoms with van der Waals surface area (Å²) in [5, 5.41) is 6.33. The Hall–Kier alpha value is -0.150. The number of hydrogen-bond donors (Lipinski definition) is 1. The smallest absolute Gasteiger partial charge is 0.0785 e. The van der Waals surface area contributed by atoms with E-state index in [0.29, 0.717) is 0 Å². The summed E-state index contributed by atoms with van der Waals surface area (Å²) in [4.78, 5) is 2.23. The first-order valence-electron chi connectivity index (χ1n) is 3.15. The lowest BCUT2D eigenvalue weighted by molar-refractivity contribution is 0.458. The summed E-state index contributed by atoms with van der Waals surface area (Å²) in [5.41, 5.74) is 0. The van der Waals surface area contributed by atoms with Crippen molar-refractivity contribution >= 4 is 11.9 Å². The summed E-state index contributed by atoms with van der Waals surface area (Å²) in [5.74, 6) is 0. The van der Waals surface area contributed by atoms with Gasteiger partial charge in [0.25, 0.3) is 0 Å². The zero-order chi connectivity index (χ0) is 6.69. The van der Waals surface area contributed by atoms with Crippen LogP contribution < -0.4 is 5.14 Å². The summed E-state index contributed by atoms with van der Waals surface area (Å²) < 4.78 is 0. The van der Waals surface area contributed by atoms with Crippen LogP contribution in [0.2, 0.25) is 0 Å². The number of nitrogens with two attached hydrogens (primary N) is 1. The maximum Gasteiger partial charge on any atom is 0.0785 e. The molecular formula is C6H12N2S. The molecular weight excluding hydrogens is 132 g/mol. The third kappa shape index (κ3) is 1.63. The molecule has 0 aromatic rings. The van der Waals surface area contributed by atoms with Gasteiger partial charge in [0, 0.05) is 13.1 Å². The summed E-state index contributed by atoms with van der Waals surface area (Å²) in [6.45, 7) is 6.10. The highest BCUT2D eigenvalue weighted by Crippen LogP contribution is 2.18. The predicted octanol–water partition coefficient (Wildman–Crippen LogP) is 1.16. The van der Waals surface area contributed by atoms with E-state index in [-0.39, 0.29) is 0 Å². The molecule has 0 unspecified atom stereocenters. The highest BCUT2D eigenvalue weighted by molar-refractivity contribution is 8.00. The van der Waals surface area contributed by atoms with Crippen molar-refractivity contribution in [3.8, 4) is 0 Å². The number of hydrogen-bond acceptors (Lipinski definition) is 3. The number of nitrogens with zero attached hydrogens (tertiary/aromatic N) is 1. The predicted molar refractivity (Wildman–Crippen MR) is 41.7 cm³/mol. The highest BCUT2D eigenvalue weighted by atomic mass is 32.2. The second-order valence-corrected chi connectivity index (χ2v) is 2.91. The average molecular weight is 144 g/mol. The van der Waals surface area contributed by atoms with Gasteiger partial charge in [0.2, 0.25) is 0 Å². The van der Waals surface area contributed by atoms with Crippen LogP contribution in [0.15, 0.2) is 11.6 Å². The van der Waals surface area contributed by atoms with E-state index in [1.54, 1.807) is 0 Å². The molecule has 52 valence electrons. The molecule has 0 saturated carbocycles. The summed E-state index contributed by atoms with van der Waals surface area (Å²) in [6.07, 6.45) is 2.58. The lowest BCUT2D eigenvalue weighted by atomic mass is 10.4. The monoisotopic (exact) mass is 144 g/mol. The Morgan fingerprint density at radius 2 is 2.00 bits per heavy atom. The first kappa shape index (κ1) is 6.96. The Balaban J connectivity index is 2.32. The van der Waals surface area contributed by atoms with Crippen molar-refractivity contribution in [3.05, 3.63) is 11.6 Å². The molecule has 0 aromatic carbocycles. The van der Waals surface area contributed by atoms with Crippen molar-refractivity contribution < 1.29 is 0 Å². The van der Waals surface area contributed by atoms with Crippen LogP contribution in [0, 0.1) is 0 Å². The van der Waals surface area contributed by atoms with E-state index in [1.165, 1.54) is 24.8 Å². The molecule has 0 spiro atoms. The Morgan fingerprint density at radius 1 is 1.44 bits per heavy atom. The first-order valence-corrected chi connectivity index (χ1v) is 4.03. The van der Waals surface area contributed by atoms with Crippen LogP contribution >= 0.6 is 11.9 Å². The number of likely N-dealkylation sites (tertiary alicyclic amines) is 1. The van der Waals surface area contributed by atoms with Gasteiger partial charge in [0.05, 0.1) is 5.03 Å². The van der Waals surface area contributed by atoms with Gasteiger partial charge in [0.1, 0.15) is 0 Å². The molecule has 0 bridgehead atoms. The second-order valence-electron chi connectivity index (χ2n) is 2.21. The lowest BCUT2D eigenvalue weighted by Crippen LogP contribution is -2.16. The van der Waals surface area contributed by atoms with Crippen LogP contribution in [0.3, 0.4) is 0 Å². The van der Waals surface area contributed by atoms with Crippen LogP contribution in [-0.2, 0) is 0 Å². The van der Waals surface area contributed by atoms with E-state index in [1.807, 2.05) is 0 Å². The van der Waals surface area contributed by atoms with Gasteiger partial charge in [-0.1, -0.05) is 6.58 Å².